The van der Waals surface area contributed by atoms with Crippen LogP contribution in [0.5, 0.6) is 0 Å². The molecule has 0 aliphatic carbocycles. The molecule has 0 saturated heterocycles. The smallest absolute Gasteiger partial charge is 0.303 e. The van der Waals surface area contributed by atoms with Gasteiger partial charge in [0.05, 0.1) is 0 Å². The summed E-state index contributed by atoms with van der Waals surface area (Å²) in [4.78, 5) is 32.4. The summed E-state index contributed by atoms with van der Waals surface area (Å²) in [5.41, 5.74) is 1.65. The van der Waals surface area contributed by atoms with E-state index in [9.17, 15) is 9.59 Å². The number of fused-ring (bicyclic) bond motifs is 1. The Bertz CT molecular complexity index is 694. The highest BCUT2D eigenvalue weighted by molar-refractivity contribution is 5.90. The zero-order chi connectivity index (χ0) is 15.6. The Morgan fingerprint density at radius 1 is 1.33 bits per heavy atom. The van der Waals surface area contributed by atoms with Crippen molar-refractivity contribution < 1.29 is 14.7 Å². The summed E-state index contributed by atoms with van der Waals surface area (Å²) in [6, 6.07) is 1.85. The van der Waals surface area contributed by atoms with Gasteiger partial charge >= 0.3 is 5.97 Å². The highest BCUT2D eigenvalue weighted by Gasteiger charge is 2.18. The maximum Gasteiger partial charge on any atom is 0.303 e. The fraction of sp³-hybridized carbons (Fsp3) is 0.462. The molecule has 8 heteroatoms. The van der Waals surface area contributed by atoms with Gasteiger partial charge in [-0.15, -0.1) is 5.10 Å². The third kappa shape index (κ3) is 3.33. The van der Waals surface area contributed by atoms with Gasteiger partial charge in [0.25, 0.3) is 11.7 Å². The van der Waals surface area contributed by atoms with Crippen LogP contribution in [0.25, 0.3) is 5.78 Å². The second-order valence-electron chi connectivity index (χ2n) is 4.91. The third-order valence-corrected chi connectivity index (χ3v) is 3.04. The Hall–Kier alpha value is -2.51. The number of hydrogen-bond acceptors (Lipinski definition) is 5. The number of amides is 1. The molecule has 2 aromatic heterocycles. The van der Waals surface area contributed by atoms with Crippen molar-refractivity contribution in [1.82, 2.24) is 24.5 Å². The second kappa shape index (κ2) is 5.86. The van der Waals surface area contributed by atoms with Gasteiger partial charge in [0.2, 0.25) is 5.82 Å². The second-order valence-corrected chi connectivity index (χ2v) is 4.91. The van der Waals surface area contributed by atoms with Crippen LogP contribution in [-0.4, -0.2) is 55.1 Å². The molecule has 2 rings (SSSR count). The first kappa shape index (κ1) is 14.9. The number of carbonyl (C=O) groups is 2. The minimum absolute atomic E-state index is 0.0239. The number of aromatic nitrogens is 4. The number of carboxylic acid groups (broad SMARTS) is 1. The molecule has 0 atom stereocenters. The zero-order valence-electron chi connectivity index (χ0n) is 12.2. The first-order valence-corrected chi connectivity index (χ1v) is 6.57. The molecule has 0 bridgehead atoms. The number of hydrogen-bond donors (Lipinski definition) is 1. The zero-order valence-corrected chi connectivity index (χ0v) is 12.2. The molecule has 1 amide bonds. The fourth-order valence-corrected chi connectivity index (χ4v) is 2.00. The van der Waals surface area contributed by atoms with Crippen molar-refractivity contribution in [2.75, 3.05) is 13.6 Å². The molecule has 0 unspecified atom stereocenters. The van der Waals surface area contributed by atoms with Crippen LogP contribution >= 0.6 is 0 Å². The summed E-state index contributed by atoms with van der Waals surface area (Å²) in [5.74, 6) is -0.774. The van der Waals surface area contributed by atoms with Gasteiger partial charge in [-0.2, -0.15) is 4.98 Å². The molecule has 0 aromatic carbocycles. The minimum Gasteiger partial charge on any atom is -0.481 e. The maximum absolute atomic E-state index is 12.2. The van der Waals surface area contributed by atoms with E-state index in [2.05, 4.69) is 15.1 Å². The highest BCUT2D eigenvalue weighted by atomic mass is 16.4. The van der Waals surface area contributed by atoms with Crippen LogP contribution in [0.3, 0.4) is 0 Å². The SMILES string of the molecule is Cc1cc(C)n2nc(C(=O)N(C)CCCC(=O)O)nc2n1. The molecule has 112 valence electrons. The Kier molecular flexibility index (Phi) is 4.15. The molecule has 0 radical (unpaired) electrons. The first-order chi connectivity index (χ1) is 9.88. The molecule has 21 heavy (non-hydrogen) atoms. The molecule has 0 aliphatic rings. The lowest BCUT2D eigenvalue weighted by Gasteiger charge is -2.13. The normalized spacial score (nSPS) is 10.8. The van der Waals surface area contributed by atoms with E-state index in [4.69, 9.17) is 5.11 Å². The topological polar surface area (TPSA) is 101 Å². The van der Waals surface area contributed by atoms with E-state index in [1.54, 1.807) is 7.05 Å². The standard InChI is InChI=1S/C13H17N5O3/c1-8-7-9(2)18-13(14-8)15-11(16-18)12(21)17(3)6-4-5-10(19)20/h7H,4-6H2,1-3H3,(H,19,20). The summed E-state index contributed by atoms with van der Waals surface area (Å²) in [7, 11) is 1.60. The predicted octanol–water partition coefficient (Wildman–Crippen LogP) is 0.678. The van der Waals surface area contributed by atoms with Crippen molar-refractivity contribution in [3.8, 4) is 0 Å². The van der Waals surface area contributed by atoms with Crippen LogP contribution in [0.4, 0.5) is 0 Å². The number of aliphatic carboxylic acids is 1. The molecule has 0 fully saturated rings. The molecule has 1 N–H and O–H groups in total. The van der Waals surface area contributed by atoms with Gasteiger partial charge in [-0.05, 0) is 26.3 Å². The van der Waals surface area contributed by atoms with E-state index >= 15 is 0 Å². The third-order valence-electron chi connectivity index (χ3n) is 3.04. The highest BCUT2D eigenvalue weighted by Crippen LogP contribution is 2.07. The molecule has 0 aliphatic heterocycles. The molecular weight excluding hydrogens is 274 g/mol. The van der Waals surface area contributed by atoms with Gasteiger partial charge in [0, 0.05) is 31.4 Å². The lowest BCUT2D eigenvalue weighted by atomic mass is 10.3. The van der Waals surface area contributed by atoms with Crippen molar-refractivity contribution in [2.24, 2.45) is 0 Å². The van der Waals surface area contributed by atoms with E-state index in [0.29, 0.717) is 18.7 Å². The van der Waals surface area contributed by atoms with E-state index in [-0.39, 0.29) is 18.2 Å². The average molecular weight is 291 g/mol. The lowest BCUT2D eigenvalue weighted by molar-refractivity contribution is -0.137. The number of nitrogens with zero attached hydrogens (tertiary/aromatic N) is 5. The van der Waals surface area contributed by atoms with Gasteiger partial charge < -0.3 is 10.0 Å². The summed E-state index contributed by atoms with van der Waals surface area (Å²) in [5, 5.41) is 12.7. The van der Waals surface area contributed by atoms with E-state index in [1.807, 2.05) is 19.9 Å². The van der Waals surface area contributed by atoms with Gasteiger partial charge in [-0.25, -0.2) is 9.50 Å². The molecule has 8 nitrogen and oxygen atoms in total. The van der Waals surface area contributed by atoms with Crippen molar-refractivity contribution >= 4 is 17.7 Å². The summed E-state index contributed by atoms with van der Waals surface area (Å²) < 4.78 is 1.52. The fourth-order valence-electron chi connectivity index (χ4n) is 2.00. The Morgan fingerprint density at radius 2 is 2.05 bits per heavy atom. The van der Waals surface area contributed by atoms with Crippen LogP contribution in [0.2, 0.25) is 0 Å². The largest absolute Gasteiger partial charge is 0.481 e. The number of aryl methyl sites for hydroxylation is 2. The van der Waals surface area contributed by atoms with Gasteiger partial charge in [-0.1, -0.05) is 0 Å². The Labute approximate surface area is 121 Å². The summed E-state index contributed by atoms with van der Waals surface area (Å²) >= 11 is 0. The van der Waals surface area contributed by atoms with Crippen molar-refractivity contribution in [2.45, 2.75) is 26.7 Å². The monoisotopic (exact) mass is 291 g/mol. The van der Waals surface area contributed by atoms with Crippen LogP contribution in [0.15, 0.2) is 6.07 Å². The molecule has 0 saturated carbocycles. The number of carbonyl (C=O) groups excluding carboxylic acids is 1. The molecular formula is C13H17N5O3. The van der Waals surface area contributed by atoms with E-state index in [1.165, 1.54) is 9.42 Å². The summed E-state index contributed by atoms with van der Waals surface area (Å²) in [6.07, 6.45) is 0.414. The van der Waals surface area contributed by atoms with E-state index in [0.717, 1.165) is 11.4 Å². The molecule has 2 aromatic rings. The molecule has 2 heterocycles. The van der Waals surface area contributed by atoms with E-state index < -0.39 is 5.97 Å². The lowest BCUT2D eigenvalue weighted by Crippen LogP contribution is -2.29. The average Bonchev–Trinajstić information content (AvgIpc) is 2.81. The molecule has 0 spiro atoms. The van der Waals surface area contributed by atoms with Crippen molar-refractivity contribution in [3.05, 3.63) is 23.3 Å². The van der Waals surface area contributed by atoms with Crippen molar-refractivity contribution in [3.63, 3.8) is 0 Å². The summed E-state index contributed by atoms with van der Waals surface area (Å²) in [6.45, 7) is 4.05. The van der Waals surface area contributed by atoms with Gasteiger partial charge in [0.15, 0.2) is 0 Å². The number of rotatable bonds is 5. The van der Waals surface area contributed by atoms with Crippen LogP contribution in [-0.2, 0) is 4.79 Å². The van der Waals surface area contributed by atoms with Crippen LogP contribution in [0, 0.1) is 13.8 Å². The number of carboxylic acids is 1. The van der Waals surface area contributed by atoms with Crippen LogP contribution < -0.4 is 0 Å². The van der Waals surface area contributed by atoms with Crippen LogP contribution in [0.1, 0.15) is 34.8 Å². The quantitative estimate of drug-likeness (QED) is 0.869. The minimum atomic E-state index is -0.878. The van der Waals surface area contributed by atoms with Gasteiger partial charge in [0.1, 0.15) is 0 Å². The Balaban J connectivity index is 2.15. The van der Waals surface area contributed by atoms with Gasteiger partial charge in [-0.3, -0.25) is 9.59 Å². The Morgan fingerprint density at radius 3 is 2.71 bits per heavy atom. The first-order valence-electron chi connectivity index (χ1n) is 6.57. The van der Waals surface area contributed by atoms with Crippen molar-refractivity contribution in [1.29, 1.82) is 0 Å². The predicted molar refractivity (Wildman–Crippen MR) is 74.1 cm³/mol. The maximum atomic E-state index is 12.2.